The van der Waals surface area contributed by atoms with Gasteiger partial charge in [0.05, 0.1) is 6.20 Å². The molecule has 0 fully saturated rings. The molecule has 0 bridgehead atoms. The SMILES string of the molecule is Cc1ncccc1-c1nc2ncncc2[nH]1. The molecule has 0 saturated carbocycles. The van der Waals surface area contributed by atoms with E-state index in [0.29, 0.717) is 5.65 Å². The number of fused-ring (bicyclic) bond motifs is 1. The van der Waals surface area contributed by atoms with Gasteiger partial charge in [-0.05, 0) is 19.1 Å². The van der Waals surface area contributed by atoms with E-state index in [-0.39, 0.29) is 0 Å². The normalized spacial score (nSPS) is 10.8. The third-order valence-corrected chi connectivity index (χ3v) is 2.42. The topological polar surface area (TPSA) is 67.3 Å². The second-order valence-corrected chi connectivity index (χ2v) is 3.48. The number of H-pyrrole nitrogens is 1. The van der Waals surface area contributed by atoms with Gasteiger partial charge < -0.3 is 4.98 Å². The van der Waals surface area contributed by atoms with Gasteiger partial charge in [0.25, 0.3) is 0 Å². The van der Waals surface area contributed by atoms with E-state index in [4.69, 9.17) is 0 Å². The van der Waals surface area contributed by atoms with E-state index in [1.54, 1.807) is 12.4 Å². The molecule has 5 heteroatoms. The quantitative estimate of drug-likeness (QED) is 0.665. The number of aryl methyl sites for hydroxylation is 1. The van der Waals surface area contributed by atoms with Crippen LogP contribution in [0.25, 0.3) is 22.6 Å². The maximum absolute atomic E-state index is 4.40. The fourth-order valence-corrected chi connectivity index (χ4v) is 1.62. The van der Waals surface area contributed by atoms with E-state index in [1.165, 1.54) is 6.33 Å². The van der Waals surface area contributed by atoms with Crippen LogP contribution >= 0.6 is 0 Å². The zero-order chi connectivity index (χ0) is 11.0. The number of nitrogens with one attached hydrogen (secondary N) is 1. The Balaban J connectivity index is 2.23. The second kappa shape index (κ2) is 3.37. The smallest absolute Gasteiger partial charge is 0.181 e. The lowest BCUT2D eigenvalue weighted by molar-refractivity contribution is 1.17. The first-order valence-electron chi connectivity index (χ1n) is 4.92. The molecule has 78 valence electrons. The fourth-order valence-electron chi connectivity index (χ4n) is 1.62. The minimum absolute atomic E-state index is 0.674. The van der Waals surface area contributed by atoms with Crippen LogP contribution in [0.5, 0.6) is 0 Å². The summed E-state index contributed by atoms with van der Waals surface area (Å²) in [5.74, 6) is 0.779. The van der Waals surface area contributed by atoms with Crippen LogP contribution in [-0.4, -0.2) is 24.9 Å². The Hall–Kier alpha value is -2.30. The lowest BCUT2D eigenvalue weighted by Gasteiger charge is -1.98. The zero-order valence-corrected chi connectivity index (χ0v) is 8.68. The van der Waals surface area contributed by atoms with Crippen LogP contribution in [0.2, 0.25) is 0 Å². The highest BCUT2D eigenvalue weighted by Gasteiger charge is 2.08. The van der Waals surface area contributed by atoms with Crippen molar-refractivity contribution in [1.29, 1.82) is 0 Å². The number of rotatable bonds is 1. The van der Waals surface area contributed by atoms with Gasteiger partial charge in [-0.3, -0.25) is 4.98 Å². The summed E-state index contributed by atoms with van der Waals surface area (Å²) in [4.78, 5) is 19.8. The zero-order valence-electron chi connectivity index (χ0n) is 8.68. The van der Waals surface area contributed by atoms with Crippen molar-refractivity contribution >= 4 is 11.2 Å². The average molecular weight is 211 g/mol. The van der Waals surface area contributed by atoms with Crippen LogP contribution in [0, 0.1) is 6.92 Å². The van der Waals surface area contributed by atoms with Crippen LogP contribution in [0.3, 0.4) is 0 Å². The molecule has 0 aliphatic heterocycles. The van der Waals surface area contributed by atoms with Crippen LogP contribution in [-0.2, 0) is 0 Å². The minimum Gasteiger partial charge on any atom is -0.335 e. The Labute approximate surface area is 91.6 Å². The molecule has 0 spiro atoms. The molecular weight excluding hydrogens is 202 g/mol. The highest BCUT2D eigenvalue weighted by Crippen LogP contribution is 2.20. The molecule has 0 radical (unpaired) electrons. The summed E-state index contributed by atoms with van der Waals surface area (Å²) >= 11 is 0. The molecular formula is C11H9N5. The molecule has 0 saturated heterocycles. The van der Waals surface area contributed by atoms with Crippen LogP contribution in [0.1, 0.15) is 5.69 Å². The van der Waals surface area contributed by atoms with Crippen LogP contribution in [0.15, 0.2) is 30.9 Å². The molecule has 0 unspecified atom stereocenters. The van der Waals surface area contributed by atoms with Crippen LogP contribution in [0.4, 0.5) is 0 Å². The van der Waals surface area contributed by atoms with E-state index in [9.17, 15) is 0 Å². The van der Waals surface area contributed by atoms with Crippen molar-refractivity contribution in [2.75, 3.05) is 0 Å². The van der Waals surface area contributed by atoms with Gasteiger partial charge in [0.2, 0.25) is 0 Å². The van der Waals surface area contributed by atoms with Gasteiger partial charge in [0.1, 0.15) is 17.7 Å². The maximum atomic E-state index is 4.40. The number of hydrogen-bond donors (Lipinski definition) is 1. The molecule has 0 amide bonds. The number of aromatic amines is 1. The third-order valence-electron chi connectivity index (χ3n) is 2.42. The highest BCUT2D eigenvalue weighted by molar-refractivity contribution is 5.75. The van der Waals surface area contributed by atoms with Gasteiger partial charge in [-0.2, -0.15) is 0 Å². The molecule has 1 N–H and O–H groups in total. The first-order valence-corrected chi connectivity index (χ1v) is 4.92. The Morgan fingerprint density at radius 1 is 1.25 bits per heavy atom. The van der Waals surface area contributed by atoms with E-state index in [2.05, 4.69) is 24.9 Å². The van der Waals surface area contributed by atoms with Gasteiger partial charge in [-0.25, -0.2) is 15.0 Å². The van der Waals surface area contributed by atoms with Gasteiger partial charge in [0.15, 0.2) is 5.65 Å². The lowest BCUT2D eigenvalue weighted by Crippen LogP contribution is -1.87. The maximum Gasteiger partial charge on any atom is 0.181 e. The number of nitrogens with zero attached hydrogens (tertiary/aromatic N) is 4. The molecule has 3 rings (SSSR count). The van der Waals surface area contributed by atoms with Crippen LogP contribution < -0.4 is 0 Å². The summed E-state index contributed by atoms with van der Waals surface area (Å²) in [5.41, 5.74) is 3.43. The number of aromatic nitrogens is 5. The molecule has 3 aromatic rings. The molecule has 0 aliphatic carbocycles. The molecule has 16 heavy (non-hydrogen) atoms. The van der Waals surface area contributed by atoms with E-state index >= 15 is 0 Å². The first kappa shape index (κ1) is 8.96. The van der Waals surface area contributed by atoms with Gasteiger partial charge in [-0.1, -0.05) is 0 Å². The van der Waals surface area contributed by atoms with Crippen molar-refractivity contribution < 1.29 is 0 Å². The molecule has 3 aromatic heterocycles. The molecule has 0 aromatic carbocycles. The van der Waals surface area contributed by atoms with Crippen molar-refractivity contribution in [2.24, 2.45) is 0 Å². The minimum atomic E-state index is 0.674. The Bertz CT molecular complexity index is 610. The molecule has 5 nitrogen and oxygen atoms in total. The lowest BCUT2D eigenvalue weighted by atomic mass is 10.2. The standard InChI is InChI=1S/C11H9N5/c1-7-8(3-2-4-13-7)10-15-9-5-12-6-14-11(9)16-10/h2-6H,1H3,(H,12,14,15,16). The largest absolute Gasteiger partial charge is 0.335 e. The molecule has 3 heterocycles. The first-order chi connectivity index (χ1) is 7.84. The number of imidazole rings is 1. The fraction of sp³-hybridized carbons (Fsp3) is 0.0909. The Morgan fingerprint density at radius 2 is 2.19 bits per heavy atom. The Morgan fingerprint density at radius 3 is 3.00 bits per heavy atom. The monoisotopic (exact) mass is 211 g/mol. The third kappa shape index (κ3) is 1.33. The van der Waals surface area contributed by atoms with E-state index < -0.39 is 0 Å². The summed E-state index contributed by atoms with van der Waals surface area (Å²) in [6.45, 7) is 1.95. The van der Waals surface area contributed by atoms with Crippen molar-refractivity contribution in [1.82, 2.24) is 24.9 Å². The number of pyridine rings is 1. The summed E-state index contributed by atoms with van der Waals surface area (Å²) in [6.07, 6.45) is 4.97. The van der Waals surface area contributed by atoms with Gasteiger partial charge in [0, 0.05) is 17.5 Å². The highest BCUT2D eigenvalue weighted by atomic mass is 15.0. The average Bonchev–Trinajstić information content (AvgIpc) is 2.73. The molecule has 0 aliphatic rings. The summed E-state index contributed by atoms with van der Waals surface area (Å²) in [6, 6.07) is 3.87. The predicted octanol–water partition coefficient (Wildman–Crippen LogP) is 1.72. The Kier molecular flexibility index (Phi) is 1.89. The van der Waals surface area contributed by atoms with E-state index in [1.807, 2.05) is 19.1 Å². The van der Waals surface area contributed by atoms with Gasteiger partial charge >= 0.3 is 0 Å². The predicted molar refractivity (Wildman–Crippen MR) is 59.7 cm³/mol. The summed E-state index contributed by atoms with van der Waals surface area (Å²) < 4.78 is 0. The van der Waals surface area contributed by atoms with Crippen molar-refractivity contribution in [3.63, 3.8) is 0 Å². The van der Waals surface area contributed by atoms with Gasteiger partial charge in [-0.15, -0.1) is 0 Å². The van der Waals surface area contributed by atoms with E-state index in [0.717, 1.165) is 22.6 Å². The molecule has 0 atom stereocenters. The van der Waals surface area contributed by atoms with Crippen molar-refractivity contribution in [3.05, 3.63) is 36.5 Å². The second-order valence-electron chi connectivity index (χ2n) is 3.48. The number of hydrogen-bond acceptors (Lipinski definition) is 4. The summed E-state index contributed by atoms with van der Waals surface area (Å²) in [5, 5.41) is 0. The van der Waals surface area contributed by atoms with Crippen molar-refractivity contribution in [2.45, 2.75) is 6.92 Å². The summed E-state index contributed by atoms with van der Waals surface area (Å²) in [7, 11) is 0. The van der Waals surface area contributed by atoms with Crippen molar-refractivity contribution in [3.8, 4) is 11.4 Å².